The van der Waals surface area contributed by atoms with E-state index >= 15 is 0 Å². The van der Waals surface area contributed by atoms with Gasteiger partial charge >= 0.3 is 0 Å². The van der Waals surface area contributed by atoms with Crippen molar-refractivity contribution in [3.63, 3.8) is 0 Å². The molecule has 2 fully saturated rings. The molecular formula is C14H25NO4. The van der Waals surface area contributed by atoms with Gasteiger partial charge in [0.05, 0.1) is 23.7 Å². The largest absolute Gasteiger partial charge is 0.388 e. The molecule has 1 amide bonds. The van der Waals surface area contributed by atoms with E-state index in [1.165, 1.54) is 0 Å². The normalized spacial score (nSPS) is 38.6. The van der Waals surface area contributed by atoms with Crippen LogP contribution in [0.15, 0.2) is 0 Å². The topological polar surface area (TPSA) is 67.8 Å². The molecule has 1 aliphatic heterocycles. The molecule has 0 unspecified atom stereocenters. The van der Waals surface area contributed by atoms with Crippen molar-refractivity contribution in [3.8, 4) is 0 Å². The van der Waals surface area contributed by atoms with Gasteiger partial charge in [-0.2, -0.15) is 0 Å². The second kappa shape index (κ2) is 6.20. The maximum Gasteiger partial charge on any atom is 0.225 e. The van der Waals surface area contributed by atoms with Crippen LogP contribution in [0.2, 0.25) is 0 Å². The molecule has 0 aromatic rings. The fourth-order valence-corrected chi connectivity index (χ4v) is 2.94. The number of hydrogen-bond donors (Lipinski definition) is 2. The van der Waals surface area contributed by atoms with E-state index in [2.05, 4.69) is 5.32 Å². The molecule has 5 nitrogen and oxygen atoms in total. The first kappa shape index (κ1) is 14.8. The number of carbonyl (C=O) groups excluding carboxylic acids is 1. The number of amides is 1. The lowest BCUT2D eigenvalue weighted by molar-refractivity contribution is -0.146. The quantitative estimate of drug-likeness (QED) is 0.778. The van der Waals surface area contributed by atoms with Crippen molar-refractivity contribution < 1.29 is 19.4 Å². The molecule has 1 saturated carbocycles. The Balaban J connectivity index is 1.72. The Morgan fingerprint density at radius 2 is 2.26 bits per heavy atom. The molecule has 5 heteroatoms. The van der Waals surface area contributed by atoms with Crippen LogP contribution >= 0.6 is 0 Å². The van der Waals surface area contributed by atoms with Gasteiger partial charge in [0.2, 0.25) is 5.91 Å². The van der Waals surface area contributed by atoms with Gasteiger partial charge in [-0.05, 0) is 26.7 Å². The Kier molecular flexibility index (Phi) is 4.81. The molecule has 0 aromatic heterocycles. The zero-order chi connectivity index (χ0) is 13.9. The summed E-state index contributed by atoms with van der Waals surface area (Å²) in [5.74, 6) is -0.0828. The molecule has 0 radical (unpaired) electrons. The highest BCUT2D eigenvalue weighted by atomic mass is 16.5. The summed E-state index contributed by atoms with van der Waals surface area (Å²) in [5.41, 5.74) is -0.783. The van der Waals surface area contributed by atoms with E-state index in [4.69, 9.17) is 9.47 Å². The standard InChI is InChI=1S/C14H25NO4/c1-3-18-11-7-14(17,8-11)9-15-13(16)12-5-4-6-19-10(12)2/h10-12,17H,3-9H2,1-2H3,(H,15,16)/t10-,11?,12-,14?/m1/s1. The molecular weight excluding hydrogens is 246 g/mol. The summed E-state index contributed by atoms with van der Waals surface area (Å²) in [6.45, 7) is 5.61. The van der Waals surface area contributed by atoms with Crippen molar-refractivity contribution >= 4 is 5.91 Å². The van der Waals surface area contributed by atoms with Crippen molar-refractivity contribution in [2.24, 2.45) is 5.92 Å². The first-order valence-electron chi connectivity index (χ1n) is 7.27. The van der Waals surface area contributed by atoms with Crippen LogP contribution in [0.1, 0.15) is 39.5 Å². The molecule has 0 aromatic carbocycles. The predicted molar refractivity (Wildman–Crippen MR) is 70.7 cm³/mol. The highest BCUT2D eigenvalue weighted by Gasteiger charge is 2.43. The zero-order valence-corrected chi connectivity index (χ0v) is 11.9. The first-order chi connectivity index (χ1) is 9.04. The average molecular weight is 271 g/mol. The van der Waals surface area contributed by atoms with Gasteiger partial charge in [0.15, 0.2) is 0 Å². The van der Waals surface area contributed by atoms with Gasteiger partial charge in [-0.25, -0.2) is 0 Å². The van der Waals surface area contributed by atoms with Crippen LogP contribution < -0.4 is 5.32 Å². The van der Waals surface area contributed by atoms with Crippen molar-refractivity contribution in [1.82, 2.24) is 5.32 Å². The lowest BCUT2D eigenvalue weighted by atomic mass is 9.77. The van der Waals surface area contributed by atoms with Crippen LogP contribution in [0.4, 0.5) is 0 Å². The maximum atomic E-state index is 12.1. The second-order valence-corrected chi connectivity index (χ2v) is 5.75. The van der Waals surface area contributed by atoms with E-state index in [9.17, 15) is 9.90 Å². The molecule has 2 rings (SSSR count). The second-order valence-electron chi connectivity index (χ2n) is 5.75. The third-order valence-corrected chi connectivity index (χ3v) is 4.15. The number of carbonyl (C=O) groups is 1. The van der Waals surface area contributed by atoms with Gasteiger partial charge in [-0.15, -0.1) is 0 Å². The van der Waals surface area contributed by atoms with Gasteiger partial charge in [0.1, 0.15) is 0 Å². The zero-order valence-electron chi connectivity index (χ0n) is 11.9. The van der Waals surface area contributed by atoms with Crippen LogP contribution in [0.25, 0.3) is 0 Å². The highest BCUT2D eigenvalue weighted by Crippen LogP contribution is 2.34. The van der Waals surface area contributed by atoms with E-state index in [-0.39, 0.29) is 24.0 Å². The Bertz CT molecular complexity index is 315. The summed E-state index contributed by atoms with van der Waals surface area (Å²) in [4.78, 5) is 12.1. The fraction of sp³-hybridized carbons (Fsp3) is 0.929. The van der Waals surface area contributed by atoms with E-state index in [1.807, 2.05) is 13.8 Å². The SMILES string of the molecule is CCOC1CC(O)(CNC(=O)[C@@H]2CCCO[C@@H]2C)C1. The minimum absolute atomic E-state index is 0.000449. The Morgan fingerprint density at radius 1 is 1.53 bits per heavy atom. The maximum absolute atomic E-state index is 12.1. The summed E-state index contributed by atoms with van der Waals surface area (Å²) in [6.07, 6.45) is 3.13. The molecule has 2 N–H and O–H groups in total. The van der Waals surface area contributed by atoms with Crippen LogP contribution in [-0.4, -0.2) is 48.6 Å². The molecule has 19 heavy (non-hydrogen) atoms. The Hall–Kier alpha value is -0.650. The van der Waals surface area contributed by atoms with Crippen LogP contribution in [-0.2, 0) is 14.3 Å². The molecule has 2 aliphatic rings. The third-order valence-electron chi connectivity index (χ3n) is 4.15. The average Bonchev–Trinajstić information content (AvgIpc) is 2.35. The van der Waals surface area contributed by atoms with Gasteiger partial charge < -0.3 is 19.9 Å². The number of nitrogens with one attached hydrogen (secondary N) is 1. The summed E-state index contributed by atoms with van der Waals surface area (Å²) >= 11 is 0. The fourth-order valence-electron chi connectivity index (χ4n) is 2.94. The minimum atomic E-state index is -0.783. The van der Waals surface area contributed by atoms with E-state index < -0.39 is 5.60 Å². The molecule has 1 heterocycles. The molecule has 2 atom stereocenters. The lowest BCUT2D eigenvalue weighted by Crippen LogP contribution is -2.56. The number of rotatable bonds is 5. The highest BCUT2D eigenvalue weighted by molar-refractivity contribution is 5.79. The smallest absolute Gasteiger partial charge is 0.225 e. The molecule has 110 valence electrons. The number of ether oxygens (including phenoxy) is 2. The lowest BCUT2D eigenvalue weighted by Gasteiger charge is -2.43. The van der Waals surface area contributed by atoms with Gasteiger partial charge in [-0.1, -0.05) is 0 Å². The first-order valence-corrected chi connectivity index (χ1v) is 7.27. The Labute approximate surface area is 114 Å². The Morgan fingerprint density at radius 3 is 2.89 bits per heavy atom. The summed E-state index contributed by atoms with van der Waals surface area (Å²) < 4.78 is 10.9. The van der Waals surface area contributed by atoms with Crippen LogP contribution in [0.3, 0.4) is 0 Å². The molecule has 1 saturated heterocycles. The van der Waals surface area contributed by atoms with E-state index in [1.54, 1.807) is 0 Å². The van der Waals surface area contributed by atoms with Crippen molar-refractivity contribution in [1.29, 1.82) is 0 Å². The molecule has 1 aliphatic carbocycles. The summed E-state index contributed by atoms with van der Waals surface area (Å²) in [7, 11) is 0. The van der Waals surface area contributed by atoms with Gasteiger partial charge in [0.25, 0.3) is 0 Å². The third kappa shape index (κ3) is 3.68. The van der Waals surface area contributed by atoms with Crippen molar-refractivity contribution in [2.75, 3.05) is 19.8 Å². The summed E-state index contributed by atoms with van der Waals surface area (Å²) in [6, 6.07) is 0. The predicted octanol–water partition coefficient (Wildman–Crippen LogP) is 0.848. The van der Waals surface area contributed by atoms with Gasteiger partial charge in [-0.3, -0.25) is 4.79 Å². The summed E-state index contributed by atoms with van der Waals surface area (Å²) in [5, 5.41) is 13.1. The molecule has 0 spiro atoms. The van der Waals surface area contributed by atoms with Crippen LogP contribution in [0.5, 0.6) is 0 Å². The van der Waals surface area contributed by atoms with Crippen molar-refractivity contribution in [3.05, 3.63) is 0 Å². The monoisotopic (exact) mass is 271 g/mol. The van der Waals surface area contributed by atoms with E-state index in [0.717, 1.165) is 19.4 Å². The van der Waals surface area contributed by atoms with Crippen molar-refractivity contribution in [2.45, 2.75) is 57.3 Å². The van der Waals surface area contributed by atoms with E-state index in [0.29, 0.717) is 26.0 Å². The minimum Gasteiger partial charge on any atom is -0.388 e. The molecule has 0 bridgehead atoms. The van der Waals surface area contributed by atoms with Crippen LogP contribution in [0, 0.1) is 5.92 Å². The van der Waals surface area contributed by atoms with Gasteiger partial charge in [0, 0.05) is 32.6 Å². The number of aliphatic hydroxyl groups is 1. The number of hydrogen-bond acceptors (Lipinski definition) is 4.